The number of fused-ring (bicyclic) bond motifs is 1. The number of aromatic nitrogens is 3. The standard InChI is InChI=1S/C15H10FN3O/c1-10-8-13-14(18-10)17-9-19(15(13)20)7-6-11-2-4-12(16)5-3-11/h2-5,8-9,18H,1H3. The van der Waals surface area contributed by atoms with E-state index in [2.05, 4.69) is 21.9 Å². The lowest BCUT2D eigenvalue weighted by Crippen LogP contribution is -2.16. The number of aryl methyl sites for hydroxylation is 1. The predicted octanol–water partition coefficient (Wildman–Crippen LogP) is 2.03. The van der Waals surface area contributed by atoms with E-state index in [0.717, 1.165) is 5.69 Å². The van der Waals surface area contributed by atoms with Crippen LogP contribution < -0.4 is 5.56 Å². The second kappa shape index (κ2) is 4.67. The Morgan fingerprint density at radius 3 is 2.80 bits per heavy atom. The van der Waals surface area contributed by atoms with Crippen molar-refractivity contribution in [3.63, 3.8) is 0 Å². The Labute approximate surface area is 113 Å². The Bertz CT molecular complexity index is 895. The smallest absolute Gasteiger partial charge is 0.274 e. The molecule has 5 heteroatoms. The van der Waals surface area contributed by atoms with Crippen LogP contribution in [0.1, 0.15) is 11.3 Å². The van der Waals surface area contributed by atoms with Crippen molar-refractivity contribution in [3.05, 3.63) is 64.1 Å². The second-order valence-corrected chi connectivity index (χ2v) is 4.38. The number of nitrogens with one attached hydrogen (secondary N) is 1. The summed E-state index contributed by atoms with van der Waals surface area (Å²) in [6.07, 6.45) is 1.37. The van der Waals surface area contributed by atoms with Crippen molar-refractivity contribution in [2.24, 2.45) is 0 Å². The number of H-pyrrole nitrogens is 1. The fraction of sp³-hybridized carbons (Fsp3) is 0.0667. The third-order valence-corrected chi connectivity index (χ3v) is 2.85. The van der Waals surface area contributed by atoms with Crippen LogP contribution >= 0.6 is 0 Å². The molecule has 0 spiro atoms. The van der Waals surface area contributed by atoms with Crippen LogP contribution in [0.5, 0.6) is 0 Å². The SMILES string of the molecule is Cc1cc2c(=O)n(C#Cc3ccc(F)cc3)cnc2[nH]1. The molecule has 3 aromatic rings. The van der Waals surface area contributed by atoms with E-state index >= 15 is 0 Å². The van der Waals surface area contributed by atoms with Crippen molar-refractivity contribution in [3.8, 4) is 12.0 Å². The van der Waals surface area contributed by atoms with Gasteiger partial charge in [-0.3, -0.25) is 4.79 Å². The predicted molar refractivity (Wildman–Crippen MR) is 73.8 cm³/mol. The zero-order valence-corrected chi connectivity index (χ0v) is 10.6. The van der Waals surface area contributed by atoms with Crippen molar-refractivity contribution in [2.75, 3.05) is 0 Å². The van der Waals surface area contributed by atoms with E-state index in [-0.39, 0.29) is 11.4 Å². The summed E-state index contributed by atoms with van der Waals surface area (Å²) in [7, 11) is 0. The van der Waals surface area contributed by atoms with Crippen LogP contribution in [0.2, 0.25) is 0 Å². The van der Waals surface area contributed by atoms with Gasteiger partial charge in [0.05, 0.1) is 5.39 Å². The van der Waals surface area contributed by atoms with Gasteiger partial charge in [-0.15, -0.1) is 0 Å². The van der Waals surface area contributed by atoms with Crippen LogP contribution in [0.15, 0.2) is 41.5 Å². The van der Waals surface area contributed by atoms with Crippen LogP contribution in [0.3, 0.4) is 0 Å². The average Bonchev–Trinajstić information content (AvgIpc) is 2.81. The van der Waals surface area contributed by atoms with Crippen LogP contribution in [0.25, 0.3) is 11.0 Å². The van der Waals surface area contributed by atoms with Crippen LogP contribution in [-0.2, 0) is 0 Å². The zero-order valence-electron chi connectivity index (χ0n) is 10.6. The molecular weight excluding hydrogens is 257 g/mol. The normalized spacial score (nSPS) is 10.3. The summed E-state index contributed by atoms with van der Waals surface area (Å²) in [4.78, 5) is 19.3. The molecule has 0 aliphatic rings. The molecule has 2 aromatic heterocycles. The van der Waals surface area contributed by atoms with E-state index < -0.39 is 0 Å². The van der Waals surface area contributed by atoms with Gasteiger partial charge in [-0.1, -0.05) is 0 Å². The van der Waals surface area contributed by atoms with E-state index in [1.807, 2.05) is 6.92 Å². The average molecular weight is 267 g/mol. The molecular formula is C15H10FN3O. The first-order valence-electron chi connectivity index (χ1n) is 5.98. The van der Waals surface area contributed by atoms with Crippen molar-refractivity contribution >= 4 is 11.0 Å². The Morgan fingerprint density at radius 1 is 1.30 bits per heavy atom. The second-order valence-electron chi connectivity index (χ2n) is 4.38. The van der Waals surface area contributed by atoms with Crippen molar-refractivity contribution < 1.29 is 4.39 Å². The Kier molecular flexibility index (Phi) is 2.84. The quantitative estimate of drug-likeness (QED) is 0.634. The van der Waals surface area contributed by atoms with E-state index in [1.165, 1.54) is 23.0 Å². The highest BCUT2D eigenvalue weighted by Crippen LogP contribution is 2.06. The fourth-order valence-corrected chi connectivity index (χ4v) is 1.88. The van der Waals surface area contributed by atoms with Gasteiger partial charge in [0.1, 0.15) is 17.8 Å². The molecule has 0 bridgehead atoms. The summed E-state index contributed by atoms with van der Waals surface area (Å²) in [6.45, 7) is 1.86. The van der Waals surface area contributed by atoms with E-state index in [9.17, 15) is 9.18 Å². The zero-order chi connectivity index (χ0) is 14.1. The third kappa shape index (κ3) is 2.19. The number of benzene rings is 1. The summed E-state index contributed by atoms with van der Waals surface area (Å²) >= 11 is 0. The molecule has 2 heterocycles. The molecule has 1 aromatic carbocycles. The fourth-order valence-electron chi connectivity index (χ4n) is 1.88. The molecule has 3 rings (SSSR count). The lowest BCUT2D eigenvalue weighted by molar-refractivity contribution is 0.627. The molecule has 1 N–H and O–H groups in total. The minimum atomic E-state index is -0.321. The highest BCUT2D eigenvalue weighted by Gasteiger charge is 2.04. The highest BCUT2D eigenvalue weighted by atomic mass is 19.1. The number of rotatable bonds is 0. The minimum absolute atomic E-state index is 0.228. The van der Waals surface area contributed by atoms with Crippen LogP contribution in [0.4, 0.5) is 4.39 Å². The molecule has 0 atom stereocenters. The molecule has 4 nitrogen and oxygen atoms in total. The maximum absolute atomic E-state index is 12.8. The molecule has 0 unspecified atom stereocenters. The van der Waals surface area contributed by atoms with Crippen molar-refractivity contribution in [2.45, 2.75) is 6.92 Å². The Balaban J connectivity index is 2.05. The number of hydrogen-bond acceptors (Lipinski definition) is 2. The van der Waals surface area contributed by atoms with Crippen molar-refractivity contribution in [1.82, 2.24) is 14.5 Å². The van der Waals surface area contributed by atoms with Gasteiger partial charge in [0.25, 0.3) is 5.56 Å². The van der Waals surface area contributed by atoms with E-state index in [4.69, 9.17) is 0 Å². The highest BCUT2D eigenvalue weighted by molar-refractivity contribution is 5.75. The molecule has 0 aliphatic heterocycles. The molecule has 98 valence electrons. The lowest BCUT2D eigenvalue weighted by atomic mass is 10.2. The van der Waals surface area contributed by atoms with Gasteiger partial charge < -0.3 is 4.98 Å². The maximum atomic E-state index is 12.8. The van der Waals surface area contributed by atoms with E-state index in [1.54, 1.807) is 18.2 Å². The van der Waals surface area contributed by atoms with Crippen molar-refractivity contribution in [1.29, 1.82) is 0 Å². The van der Waals surface area contributed by atoms with Gasteiger partial charge in [-0.05, 0) is 43.2 Å². The first kappa shape index (κ1) is 12.2. The molecule has 0 saturated heterocycles. The first-order chi connectivity index (χ1) is 9.63. The minimum Gasteiger partial charge on any atom is -0.343 e. The molecule has 0 saturated carbocycles. The van der Waals surface area contributed by atoms with Gasteiger partial charge in [0.15, 0.2) is 0 Å². The van der Waals surface area contributed by atoms with Gasteiger partial charge in [-0.2, -0.15) is 0 Å². The molecule has 0 fully saturated rings. The Morgan fingerprint density at radius 2 is 2.05 bits per heavy atom. The van der Waals surface area contributed by atoms with Gasteiger partial charge in [-0.25, -0.2) is 13.9 Å². The van der Waals surface area contributed by atoms with Gasteiger partial charge in [0, 0.05) is 17.3 Å². The maximum Gasteiger partial charge on any atom is 0.274 e. The molecule has 0 amide bonds. The number of nitrogens with zero attached hydrogens (tertiary/aromatic N) is 2. The summed E-state index contributed by atoms with van der Waals surface area (Å²) in [5.74, 6) is 2.48. The summed E-state index contributed by atoms with van der Waals surface area (Å²) in [5, 5.41) is 0.499. The lowest BCUT2D eigenvalue weighted by Gasteiger charge is -1.94. The topological polar surface area (TPSA) is 50.7 Å². The molecule has 20 heavy (non-hydrogen) atoms. The summed E-state index contributed by atoms with van der Waals surface area (Å²) in [6, 6.07) is 10.2. The summed E-state index contributed by atoms with van der Waals surface area (Å²) < 4.78 is 14.0. The number of hydrogen-bond donors (Lipinski definition) is 1. The van der Waals surface area contributed by atoms with Gasteiger partial charge in [0.2, 0.25) is 0 Å². The largest absolute Gasteiger partial charge is 0.343 e. The monoisotopic (exact) mass is 267 g/mol. The summed E-state index contributed by atoms with van der Waals surface area (Å²) in [5.41, 5.74) is 1.82. The van der Waals surface area contributed by atoms with Crippen LogP contribution in [-0.4, -0.2) is 14.5 Å². The molecule has 0 radical (unpaired) electrons. The first-order valence-corrected chi connectivity index (χ1v) is 5.98. The number of halogens is 1. The number of aromatic amines is 1. The van der Waals surface area contributed by atoms with Gasteiger partial charge >= 0.3 is 0 Å². The van der Waals surface area contributed by atoms with Crippen LogP contribution in [0, 0.1) is 24.7 Å². The van der Waals surface area contributed by atoms with E-state index in [0.29, 0.717) is 16.6 Å². The Hall–Kier alpha value is -2.87. The third-order valence-electron chi connectivity index (χ3n) is 2.85. The molecule has 0 aliphatic carbocycles.